The number of imidazole rings is 2. The fourth-order valence-corrected chi connectivity index (χ4v) is 5.61. The molecule has 2 amide bonds. The second kappa shape index (κ2) is 8.76. The molecular formula is C28H30N6O3. The first-order chi connectivity index (χ1) is 17.8. The molecule has 9 heteroatoms. The zero-order valence-corrected chi connectivity index (χ0v) is 21.1. The van der Waals surface area contributed by atoms with Crippen LogP contribution in [0, 0.1) is 5.41 Å². The number of carbonyl (C=O) groups excluding carboxylic acids is 2. The lowest BCUT2D eigenvalue weighted by Crippen LogP contribution is -2.47. The van der Waals surface area contributed by atoms with Gasteiger partial charge in [0, 0.05) is 45.3 Å². The van der Waals surface area contributed by atoms with E-state index >= 15 is 0 Å². The van der Waals surface area contributed by atoms with Gasteiger partial charge in [0.25, 0.3) is 0 Å². The van der Waals surface area contributed by atoms with E-state index in [1.54, 1.807) is 41.0 Å². The summed E-state index contributed by atoms with van der Waals surface area (Å²) in [5.74, 6) is -0.236. The topological polar surface area (TPSA) is 85.4 Å². The molecule has 2 aromatic carbocycles. The molecule has 190 valence electrons. The van der Waals surface area contributed by atoms with Gasteiger partial charge in [-0.25, -0.2) is 9.78 Å². The molecule has 37 heavy (non-hydrogen) atoms. The first-order valence-corrected chi connectivity index (χ1v) is 12.6. The lowest BCUT2D eigenvalue weighted by molar-refractivity contribution is -0.143. The Morgan fingerprint density at radius 3 is 2.49 bits per heavy atom. The second-order valence-electron chi connectivity index (χ2n) is 10.5. The van der Waals surface area contributed by atoms with E-state index in [1.807, 2.05) is 59.3 Å². The number of amides is 2. The molecule has 1 saturated carbocycles. The van der Waals surface area contributed by atoms with Crippen LogP contribution in [0.15, 0.2) is 72.0 Å². The molecule has 6 rings (SSSR count). The summed E-state index contributed by atoms with van der Waals surface area (Å²) in [6, 6.07) is 15.0. The van der Waals surface area contributed by atoms with Crippen molar-refractivity contribution < 1.29 is 9.59 Å². The maximum absolute atomic E-state index is 13.6. The van der Waals surface area contributed by atoms with E-state index in [2.05, 4.69) is 4.98 Å². The Morgan fingerprint density at radius 2 is 1.81 bits per heavy atom. The molecule has 1 spiro atoms. The third kappa shape index (κ3) is 4.14. The standard InChI is InChI=1S/C28H30N6O3/c1-30(16-20-7-9-21(10-8-20)32-14-13-29-19-32)26(36)24-15-28(11-12-28)18-34(24)25(35)17-33-23-6-4-3-5-22(23)31(2)27(33)37/h3-10,13-14,19,24H,11-12,15-18H2,1-2H3/t24-/m1/s1. The Morgan fingerprint density at radius 1 is 1.08 bits per heavy atom. The number of aryl methyl sites for hydroxylation is 1. The maximum Gasteiger partial charge on any atom is 0.329 e. The van der Waals surface area contributed by atoms with Crippen LogP contribution in [0.2, 0.25) is 0 Å². The lowest BCUT2D eigenvalue weighted by atomic mass is 10.0. The Kier molecular flexibility index (Phi) is 5.51. The Labute approximate surface area is 214 Å². The second-order valence-corrected chi connectivity index (χ2v) is 10.5. The van der Waals surface area contributed by atoms with Crippen LogP contribution >= 0.6 is 0 Å². The normalized spacial score (nSPS) is 18.0. The number of likely N-dealkylation sites (tertiary alicyclic amines) is 1. The van der Waals surface area contributed by atoms with E-state index in [9.17, 15) is 14.4 Å². The smallest absolute Gasteiger partial charge is 0.329 e. The van der Waals surface area contributed by atoms with Crippen LogP contribution in [0.25, 0.3) is 16.7 Å². The fourth-order valence-electron chi connectivity index (χ4n) is 5.61. The number of para-hydroxylation sites is 2. The van der Waals surface area contributed by atoms with Crippen molar-refractivity contribution in [2.24, 2.45) is 12.5 Å². The maximum atomic E-state index is 13.6. The van der Waals surface area contributed by atoms with E-state index in [4.69, 9.17) is 0 Å². The van der Waals surface area contributed by atoms with Crippen molar-refractivity contribution in [3.05, 3.63) is 83.3 Å². The van der Waals surface area contributed by atoms with Crippen LogP contribution in [-0.2, 0) is 29.7 Å². The van der Waals surface area contributed by atoms with Gasteiger partial charge >= 0.3 is 5.69 Å². The Bertz CT molecular complexity index is 1530. The summed E-state index contributed by atoms with van der Waals surface area (Å²) < 4.78 is 5.00. The summed E-state index contributed by atoms with van der Waals surface area (Å²) in [5.41, 5.74) is 3.34. The van der Waals surface area contributed by atoms with Crippen molar-refractivity contribution in [3.8, 4) is 5.69 Å². The van der Waals surface area contributed by atoms with Crippen molar-refractivity contribution in [2.45, 2.75) is 38.4 Å². The van der Waals surface area contributed by atoms with Gasteiger partial charge in [0.2, 0.25) is 11.8 Å². The molecule has 0 bridgehead atoms. The van der Waals surface area contributed by atoms with E-state index < -0.39 is 6.04 Å². The third-order valence-corrected chi connectivity index (χ3v) is 7.95. The van der Waals surface area contributed by atoms with Crippen molar-refractivity contribution in [1.29, 1.82) is 0 Å². The molecule has 4 aromatic rings. The number of carbonyl (C=O) groups is 2. The number of hydrogen-bond donors (Lipinski definition) is 0. The summed E-state index contributed by atoms with van der Waals surface area (Å²) in [7, 11) is 3.51. The van der Waals surface area contributed by atoms with Crippen LogP contribution in [0.3, 0.4) is 0 Å². The van der Waals surface area contributed by atoms with Gasteiger partial charge in [-0.15, -0.1) is 0 Å². The summed E-state index contributed by atoms with van der Waals surface area (Å²) >= 11 is 0. The molecule has 9 nitrogen and oxygen atoms in total. The van der Waals surface area contributed by atoms with E-state index in [-0.39, 0.29) is 29.5 Å². The van der Waals surface area contributed by atoms with Crippen molar-refractivity contribution in [3.63, 3.8) is 0 Å². The molecule has 3 heterocycles. The van der Waals surface area contributed by atoms with Crippen LogP contribution in [0.1, 0.15) is 24.8 Å². The first-order valence-electron chi connectivity index (χ1n) is 12.6. The molecule has 2 aliphatic rings. The largest absolute Gasteiger partial charge is 0.340 e. The minimum Gasteiger partial charge on any atom is -0.340 e. The zero-order chi connectivity index (χ0) is 25.7. The molecule has 1 atom stereocenters. The van der Waals surface area contributed by atoms with Crippen LogP contribution < -0.4 is 5.69 Å². The zero-order valence-electron chi connectivity index (χ0n) is 21.1. The highest BCUT2D eigenvalue weighted by Crippen LogP contribution is 2.55. The number of rotatable bonds is 6. The summed E-state index contributed by atoms with van der Waals surface area (Å²) in [6.45, 7) is 0.964. The van der Waals surface area contributed by atoms with Gasteiger partial charge in [0.15, 0.2) is 0 Å². The highest BCUT2D eigenvalue weighted by molar-refractivity contribution is 5.89. The Hall–Kier alpha value is -4.14. The van der Waals surface area contributed by atoms with E-state index in [1.165, 1.54) is 4.57 Å². The molecule has 2 fully saturated rings. The number of nitrogens with zero attached hydrogens (tertiary/aromatic N) is 6. The lowest BCUT2D eigenvalue weighted by Gasteiger charge is -2.28. The fraction of sp³-hybridized carbons (Fsp3) is 0.357. The minimum absolute atomic E-state index is 0.0486. The van der Waals surface area contributed by atoms with Crippen LogP contribution in [-0.4, -0.2) is 59.9 Å². The molecule has 1 aliphatic heterocycles. The van der Waals surface area contributed by atoms with Gasteiger partial charge in [-0.2, -0.15) is 0 Å². The number of fused-ring (bicyclic) bond motifs is 1. The molecular weight excluding hydrogens is 468 g/mol. The SMILES string of the molecule is CN(Cc1ccc(-n2ccnc2)cc1)C(=O)[C@H]1CC2(CC2)CN1C(=O)Cn1c(=O)n(C)c2ccccc21. The average molecular weight is 499 g/mol. The summed E-state index contributed by atoms with van der Waals surface area (Å²) in [5, 5.41) is 0. The van der Waals surface area contributed by atoms with Crippen LogP contribution in [0.5, 0.6) is 0 Å². The Balaban J connectivity index is 1.19. The quantitative estimate of drug-likeness (QED) is 0.409. The molecule has 0 unspecified atom stereocenters. The summed E-state index contributed by atoms with van der Waals surface area (Å²) in [6.07, 6.45) is 8.12. The monoisotopic (exact) mass is 498 g/mol. The van der Waals surface area contributed by atoms with Crippen LogP contribution in [0.4, 0.5) is 0 Å². The summed E-state index contributed by atoms with van der Waals surface area (Å²) in [4.78, 5) is 47.6. The minimum atomic E-state index is -0.504. The molecule has 2 aromatic heterocycles. The van der Waals surface area contributed by atoms with Gasteiger partial charge < -0.3 is 14.4 Å². The molecule has 0 radical (unpaired) electrons. The van der Waals surface area contributed by atoms with Gasteiger partial charge in [0.05, 0.1) is 17.4 Å². The van der Waals surface area contributed by atoms with Crippen molar-refractivity contribution >= 4 is 22.8 Å². The van der Waals surface area contributed by atoms with Gasteiger partial charge in [0.1, 0.15) is 12.6 Å². The van der Waals surface area contributed by atoms with E-state index in [0.29, 0.717) is 19.5 Å². The molecule has 1 aliphatic carbocycles. The predicted octanol–water partition coefficient (Wildman–Crippen LogP) is 2.57. The number of benzene rings is 2. The molecule has 0 N–H and O–H groups in total. The number of likely N-dealkylation sites (N-methyl/N-ethyl adjacent to an activating group) is 1. The van der Waals surface area contributed by atoms with Gasteiger partial charge in [-0.05, 0) is 54.5 Å². The first kappa shape index (κ1) is 23.3. The van der Waals surface area contributed by atoms with Gasteiger partial charge in [-0.3, -0.25) is 18.7 Å². The number of aromatic nitrogens is 4. The van der Waals surface area contributed by atoms with Gasteiger partial charge in [-0.1, -0.05) is 24.3 Å². The average Bonchev–Trinajstić information content (AvgIpc) is 3.22. The number of hydrogen-bond acceptors (Lipinski definition) is 4. The highest BCUT2D eigenvalue weighted by atomic mass is 16.2. The highest BCUT2D eigenvalue weighted by Gasteiger charge is 2.55. The molecule has 1 saturated heterocycles. The predicted molar refractivity (Wildman–Crippen MR) is 139 cm³/mol. The van der Waals surface area contributed by atoms with E-state index in [0.717, 1.165) is 35.1 Å². The van der Waals surface area contributed by atoms with Crippen molar-refractivity contribution in [2.75, 3.05) is 13.6 Å². The van der Waals surface area contributed by atoms with Crippen molar-refractivity contribution in [1.82, 2.24) is 28.5 Å². The third-order valence-electron chi connectivity index (χ3n) is 7.95.